The van der Waals surface area contributed by atoms with Crippen LogP contribution in [0.4, 0.5) is 11.5 Å². The highest BCUT2D eigenvalue weighted by Crippen LogP contribution is 2.31. The van der Waals surface area contributed by atoms with E-state index in [0.717, 1.165) is 16.9 Å². The first kappa shape index (κ1) is 11.9. The number of nitrogen functional groups attached to an aromatic ring is 1. The maximum atomic E-state index is 6.09. The summed E-state index contributed by atoms with van der Waals surface area (Å²) in [5.74, 6) is 0.504. The molecule has 0 aliphatic heterocycles. The lowest BCUT2D eigenvalue weighted by Gasteiger charge is -2.06. The summed E-state index contributed by atoms with van der Waals surface area (Å²) in [5, 5.41) is 0.642. The van der Waals surface area contributed by atoms with Crippen LogP contribution in [0.1, 0.15) is 0 Å². The smallest absolute Gasteiger partial charge is 0.119 e. The van der Waals surface area contributed by atoms with E-state index in [1.165, 1.54) is 4.09 Å². The van der Waals surface area contributed by atoms with Crippen molar-refractivity contribution in [3.63, 3.8) is 0 Å². The minimum atomic E-state index is 0.504. The van der Waals surface area contributed by atoms with Crippen molar-refractivity contribution in [3.05, 3.63) is 35.4 Å². The van der Waals surface area contributed by atoms with Gasteiger partial charge in [-0.2, -0.15) is 0 Å². The van der Waals surface area contributed by atoms with Crippen LogP contribution in [0.3, 0.4) is 0 Å². The van der Waals surface area contributed by atoms with E-state index < -0.39 is 0 Å². The van der Waals surface area contributed by atoms with Gasteiger partial charge < -0.3 is 9.26 Å². The first-order chi connectivity index (χ1) is 7.63. The maximum Gasteiger partial charge on any atom is 0.119 e. The third-order valence-corrected chi connectivity index (χ3v) is 3.49. The standard InChI is InChI=1S/C10H8Cl2IN3/c11-7-5-6(1-2-8(7)15-13)9-3-4-10(14)16(9)12/h1-5,15H,14H2. The molecular weight excluding hydrogens is 360 g/mol. The van der Waals surface area contributed by atoms with E-state index in [0.29, 0.717) is 10.8 Å². The van der Waals surface area contributed by atoms with Crippen molar-refractivity contribution in [1.29, 1.82) is 0 Å². The summed E-state index contributed by atoms with van der Waals surface area (Å²) in [6, 6.07) is 9.27. The van der Waals surface area contributed by atoms with Crippen molar-refractivity contribution < 1.29 is 0 Å². The van der Waals surface area contributed by atoms with Crippen LogP contribution in [-0.4, -0.2) is 4.09 Å². The third kappa shape index (κ3) is 2.09. The molecule has 1 heterocycles. The van der Waals surface area contributed by atoms with Crippen LogP contribution in [0.25, 0.3) is 11.3 Å². The number of aromatic nitrogens is 1. The van der Waals surface area contributed by atoms with Gasteiger partial charge in [-0.25, -0.2) is 4.09 Å². The summed E-state index contributed by atoms with van der Waals surface area (Å²) in [7, 11) is 0. The Kier molecular flexibility index (Phi) is 3.51. The van der Waals surface area contributed by atoms with Crippen molar-refractivity contribution in [3.8, 4) is 11.3 Å². The Balaban J connectivity index is 2.49. The van der Waals surface area contributed by atoms with Crippen LogP contribution < -0.4 is 9.26 Å². The molecule has 3 N–H and O–H groups in total. The molecule has 0 saturated heterocycles. The van der Waals surface area contributed by atoms with Gasteiger partial charge in [-0.3, -0.25) is 0 Å². The molecule has 0 amide bonds. The minimum absolute atomic E-state index is 0.504. The number of hydrogen-bond donors (Lipinski definition) is 2. The van der Waals surface area contributed by atoms with E-state index in [1.54, 1.807) is 6.07 Å². The van der Waals surface area contributed by atoms with Crippen molar-refractivity contribution in [2.75, 3.05) is 9.26 Å². The molecule has 0 radical (unpaired) electrons. The molecule has 0 spiro atoms. The van der Waals surface area contributed by atoms with E-state index in [-0.39, 0.29) is 0 Å². The Morgan fingerprint density at radius 3 is 2.50 bits per heavy atom. The predicted octanol–water partition coefficient (Wildman–Crippen LogP) is 4.15. The molecule has 0 unspecified atom stereocenters. The average Bonchev–Trinajstić information content (AvgIpc) is 2.60. The van der Waals surface area contributed by atoms with E-state index >= 15 is 0 Å². The first-order valence-electron chi connectivity index (χ1n) is 4.43. The van der Waals surface area contributed by atoms with E-state index in [2.05, 4.69) is 3.53 Å². The van der Waals surface area contributed by atoms with Crippen LogP contribution in [0.2, 0.25) is 5.02 Å². The van der Waals surface area contributed by atoms with Gasteiger partial charge in [-0.15, -0.1) is 0 Å². The maximum absolute atomic E-state index is 6.09. The van der Waals surface area contributed by atoms with Gasteiger partial charge in [-0.1, -0.05) is 17.7 Å². The number of anilines is 2. The zero-order chi connectivity index (χ0) is 11.7. The minimum Gasteiger partial charge on any atom is -0.384 e. The van der Waals surface area contributed by atoms with Crippen molar-refractivity contribution in [1.82, 2.24) is 4.09 Å². The van der Waals surface area contributed by atoms with Crippen LogP contribution >= 0.6 is 46.2 Å². The normalized spacial score (nSPS) is 10.4. The van der Waals surface area contributed by atoms with Gasteiger partial charge in [0.2, 0.25) is 0 Å². The lowest BCUT2D eigenvalue weighted by atomic mass is 10.1. The average molecular weight is 368 g/mol. The van der Waals surface area contributed by atoms with Gasteiger partial charge in [0, 0.05) is 17.3 Å². The van der Waals surface area contributed by atoms with Crippen LogP contribution in [0, 0.1) is 0 Å². The number of nitrogens with two attached hydrogens (primary N) is 1. The number of benzene rings is 1. The predicted molar refractivity (Wildman–Crippen MR) is 78.2 cm³/mol. The van der Waals surface area contributed by atoms with Crippen LogP contribution in [0.5, 0.6) is 0 Å². The van der Waals surface area contributed by atoms with Crippen molar-refractivity contribution in [2.24, 2.45) is 0 Å². The number of halogens is 3. The second kappa shape index (κ2) is 4.73. The Morgan fingerprint density at radius 2 is 2.00 bits per heavy atom. The summed E-state index contributed by atoms with van der Waals surface area (Å²) >= 11 is 14.1. The third-order valence-electron chi connectivity index (χ3n) is 2.22. The summed E-state index contributed by atoms with van der Waals surface area (Å²) in [5.41, 5.74) is 8.27. The molecule has 84 valence electrons. The highest BCUT2D eigenvalue weighted by Gasteiger charge is 2.08. The monoisotopic (exact) mass is 367 g/mol. The molecule has 0 atom stereocenters. The van der Waals surface area contributed by atoms with E-state index in [4.69, 9.17) is 29.1 Å². The molecule has 1 aromatic heterocycles. The largest absolute Gasteiger partial charge is 0.384 e. The van der Waals surface area contributed by atoms with Crippen molar-refractivity contribution in [2.45, 2.75) is 0 Å². The van der Waals surface area contributed by atoms with E-state index in [1.807, 2.05) is 47.1 Å². The van der Waals surface area contributed by atoms with Gasteiger partial charge in [0.15, 0.2) is 0 Å². The first-order valence-corrected chi connectivity index (χ1v) is 6.23. The Bertz CT molecular complexity index is 525. The second-order valence-corrected chi connectivity index (χ2v) is 4.50. The zero-order valence-corrected chi connectivity index (χ0v) is 11.7. The quantitative estimate of drug-likeness (QED) is 0.618. The Labute approximate surface area is 117 Å². The number of nitrogens with zero attached hydrogens (tertiary/aromatic N) is 1. The lowest BCUT2D eigenvalue weighted by molar-refractivity contribution is 1.28. The molecule has 0 aliphatic rings. The molecular formula is C10H8Cl2IN3. The second-order valence-electron chi connectivity index (χ2n) is 3.21. The number of hydrogen-bond acceptors (Lipinski definition) is 2. The van der Waals surface area contributed by atoms with Gasteiger partial charge in [0.1, 0.15) is 5.82 Å². The fraction of sp³-hybridized carbons (Fsp3) is 0. The summed E-state index contributed by atoms with van der Waals surface area (Å²) < 4.78 is 4.37. The van der Waals surface area contributed by atoms with E-state index in [9.17, 15) is 0 Å². The highest BCUT2D eigenvalue weighted by atomic mass is 127. The molecule has 2 aromatic rings. The molecule has 0 bridgehead atoms. The molecule has 0 saturated carbocycles. The van der Waals surface area contributed by atoms with Crippen molar-refractivity contribution >= 4 is 57.7 Å². The SMILES string of the molecule is Nc1ccc(-c2ccc(NI)c(Cl)c2)n1Cl. The van der Waals surface area contributed by atoms with Gasteiger partial charge in [-0.05, 0) is 24.3 Å². The fourth-order valence-corrected chi connectivity index (χ4v) is 2.46. The molecule has 1 aromatic carbocycles. The van der Waals surface area contributed by atoms with Gasteiger partial charge in [0.25, 0.3) is 0 Å². The van der Waals surface area contributed by atoms with Gasteiger partial charge >= 0.3 is 0 Å². The van der Waals surface area contributed by atoms with Gasteiger partial charge in [0.05, 0.1) is 39.3 Å². The molecule has 16 heavy (non-hydrogen) atoms. The fourth-order valence-electron chi connectivity index (χ4n) is 1.39. The van der Waals surface area contributed by atoms with Crippen LogP contribution in [0.15, 0.2) is 30.3 Å². The summed E-state index contributed by atoms with van der Waals surface area (Å²) in [4.78, 5) is 0. The lowest BCUT2D eigenvalue weighted by Crippen LogP contribution is -1.92. The molecule has 0 fully saturated rings. The Morgan fingerprint density at radius 1 is 1.25 bits per heavy atom. The van der Waals surface area contributed by atoms with Crippen LogP contribution in [-0.2, 0) is 0 Å². The number of nitrogens with one attached hydrogen (secondary N) is 1. The molecule has 0 aliphatic carbocycles. The highest BCUT2D eigenvalue weighted by molar-refractivity contribution is 14.1. The zero-order valence-electron chi connectivity index (χ0n) is 8.05. The molecule has 2 rings (SSSR count). The summed E-state index contributed by atoms with van der Waals surface area (Å²) in [6.07, 6.45) is 0. The molecule has 6 heteroatoms. The Hall–Kier alpha value is -0.590. The molecule has 3 nitrogen and oxygen atoms in total. The topological polar surface area (TPSA) is 43.0 Å². The number of rotatable bonds is 2. The summed E-state index contributed by atoms with van der Waals surface area (Å²) in [6.45, 7) is 0.